The third-order valence-corrected chi connectivity index (χ3v) is 9.45. The molecular formula is C26H29ClN2O5S2. The third kappa shape index (κ3) is 5.70. The molecule has 0 N–H and O–H groups in total. The molecule has 1 aromatic heterocycles. The second kappa shape index (κ2) is 11.2. The molecule has 1 aliphatic heterocycles. The molecule has 2 aromatic carbocycles. The van der Waals surface area contributed by atoms with Gasteiger partial charge in [0, 0.05) is 22.5 Å². The van der Waals surface area contributed by atoms with Crippen LogP contribution in [-0.2, 0) is 21.2 Å². The predicted molar refractivity (Wildman–Crippen MR) is 141 cm³/mol. The van der Waals surface area contributed by atoms with Crippen LogP contribution in [0.5, 0.6) is 11.5 Å². The average molecular weight is 549 g/mol. The Kier molecular flexibility index (Phi) is 8.24. The summed E-state index contributed by atoms with van der Waals surface area (Å²) in [6.45, 7) is 4.02. The zero-order chi connectivity index (χ0) is 25.9. The van der Waals surface area contributed by atoms with Gasteiger partial charge in [-0.2, -0.15) is 4.31 Å². The highest BCUT2D eigenvalue weighted by Crippen LogP contribution is 2.34. The minimum Gasteiger partial charge on any atom is -0.497 e. The van der Waals surface area contributed by atoms with Crippen LogP contribution in [0.3, 0.4) is 0 Å². The second-order valence-electron chi connectivity index (χ2n) is 8.74. The van der Waals surface area contributed by atoms with Crippen molar-refractivity contribution in [3.05, 3.63) is 75.4 Å². The van der Waals surface area contributed by atoms with Gasteiger partial charge < -0.3 is 14.4 Å². The first-order valence-corrected chi connectivity index (χ1v) is 14.3. The summed E-state index contributed by atoms with van der Waals surface area (Å²) in [5, 5.41) is 2.63. The highest BCUT2D eigenvalue weighted by Gasteiger charge is 2.36. The lowest BCUT2D eigenvalue weighted by molar-refractivity contribution is -0.135. The Balaban J connectivity index is 1.56. The Morgan fingerprint density at radius 1 is 1.11 bits per heavy atom. The van der Waals surface area contributed by atoms with Crippen molar-refractivity contribution < 1.29 is 22.7 Å². The van der Waals surface area contributed by atoms with Gasteiger partial charge in [-0.3, -0.25) is 4.79 Å². The molecule has 7 nitrogen and oxygen atoms in total. The molecule has 0 aliphatic carbocycles. The lowest BCUT2D eigenvalue weighted by atomic mass is 10.0. The van der Waals surface area contributed by atoms with E-state index in [0.717, 1.165) is 12.0 Å². The topological polar surface area (TPSA) is 76.2 Å². The SMILES string of the molecule is COc1ccc(S(=O)(=O)N(CC(=O)N2CCc3sccc3C2COc2ccc(Cl)cc2)C(C)C)cc1. The molecule has 0 bridgehead atoms. The molecule has 2 heterocycles. The van der Waals surface area contributed by atoms with E-state index < -0.39 is 16.1 Å². The first-order chi connectivity index (χ1) is 17.2. The van der Waals surface area contributed by atoms with Crippen molar-refractivity contribution in [3.8, 4) is 11.5 Å². The predicted octanol–water partition coefficient (Wildman–Crippen LogP) is 5.01. The smallest absolute Gasteiger partial charge is 0.243 e. The van der Waals surface area contributed by atoms with Gasteiger partial charge in [0.15, 0.2) is 0 Å². The number of carbonyl (C=O) groups excluding carboxylic acids is 1. The first-order valence-electron chi connectivity index (χ1n) is 11.6. The van der Waals surface area contributed by atoms with Gasteiger partial charge in [-0.1, -0.05) is 11.6 Å². The Morgan fingerprint density at radius 2 is 1.78 bits per heavy atom. The average Bonchev–Trinajstić information content (AvgIpc) is 3.35. The normalized spacial score (nSPS) is 15.7. The Bertz CT molecular complexity index is 1290. The third-order valence-electron chi connectivity index (χ3n) is 6.17. The number of hydrogen-bond donors (Lipinski definition) is 0. The van der Waals surface area contributed by atoms with Crippen molar-refractivity contribution in [2.75, 3.05) is 26.8 Å². The van der Waals surface area contributed by atoms with Crippen LogP contribution < -0.4 is 9.47 Å². The molecule has 3 aromatic rings. The van der Waals surface area contributed by atoms with E-state index in [9.17, 15) is 13.2 Å². The van der Waals surface area contributed by atoms with Crippen LogP contribution in [0.25, 0.3) is 0 Å². The first kappa shape index (κ1) is 26.5. The summed E-state index contributed by atoms with van der Waals surface area (Å²) < 4.78 is 39.3. The maximum absolute atomic E-state index is 13.6. The molecule has 0 saturated carbocycles. The highest BCUT2D eigenvalue weighted by molar-refractivity contribution is 7.89. The fourth-order valence-electron chi connectivity index (χ4n) is 4.23. The molecule has 0 radical (unpaired) electrons. The Labute approximate surface area is 221 Å². The lowest BCUT2D eigenvalue weighted by Gasteiger charge is -2.37. The minimum atomic E-state index is -3.90. The number of fused-ring (bicyclic) bond motifs is 1. The second-order valence-corrected chi connectivity index (χ2v) is 12.1. The molecule has 4 rings (SSSR count). The summed E-state index contributed by atoms with van der Waals surface area (Å²) in [6.07, 6.45) is 0.725. The Morgan fingerprint density at radius 3 is 2.42 bits per heavy atom. The lowest BCUT2D eigenvalue weighted by Crippen LogP contribution is -2.49. The van der Waals surface area contributed by atoms with Crippen molar-refractivity contribution >= 4 is 38.9 Å². The van der Waals surface area contributed by atoms with Crippen molar-refractivity contribution in [3.63, 3.8) is 0 Å². The number of amides is 1. The van der Waals surface area contributed by atoms with E-state index in [1.54, 1.807) is 66.5 Å². The fraction of sp³-hybridized carbons (Fsp3) is 0.346. The number of methoxy groups -OCH3 is 1. The van der Waals surface area contributed by atoms with Crippen molar-refractivity contribution in [2.24, 2.45) is 0 Å². The maximum atomic E-state index is 13.6. The van der Waals surface area contributed by atoms with E-state index in [1.165, 1.54) is 28.4 Å². The number of carbonyl (C=O) groups is 1. The molecule has 0 fully saturated rings. The van der Waals surface area contributed by atoms with Gasteiger partial charge in [0.05, 0.1) is 24.6 Å². The summed E-state index contributed by atoms with van der Waals surface area (Å²) in [7, 11) is -2.38. The number of thiophene rings is 1. The monoisotopic (exact) mass is 548 g/mol. The van der Waals surface area contributed by atoms with Crippen molar-refractivity contribution in [1.82, 2.24) is 9.21 Å². The number of ether oxygens (including phenoxy) is 2. The number of rotatable bonds is 9. The number of benzene rings is 2. The van der Waals surface area contributed by atoms with Crippen molar-refractivity contribution in [2.45, 2.75) is 37.2 Å². The van der Waals surface area contributed by atoms with E-state index in [2.05, 4.69) is 0 Å². The Hall–Kier alpha value is -2.59. The fourth-order valence-corrected chi connectivity index (χ4v) is 6.87. The molecule has 1 unspecified atom stereocenters. The van der Waals surface area contributed by atoms with Crippen LogP contribution in [0.1, 0.15) is 30.3 Å². The van der Waals surface area contributed by atoms with Gasteiger partial charge in [0.25, 0.3) is 0 Å². The van der Waals surface area contributed by atoms with Gasteiger partial charge in [0.2, 0.25) is 15.9 Å². The minimum absolute atomic E-state index is 0.117. The van der Waals surface area contributed by atoms with E-state index in [-0.39, 0.29) is 30.0 Å². The van der Waals surface area contributed by atoms with E-state index >= 15 is 0 Å². The summed E-state index contributed by atoms with van der Waals surface area (Å²) in [5.41, 5.74) is 1.04. The molecule has 36 heavy (non-hydrogen) atoms. The van der Waals surface area contributed by atoms with Crippen LogP contribution >= 0.6 is 22.9 Å². The molecule has 1 amide bonds. The van der Waals surface area contributed by atoms with E-state index in [4.69, 9.17) is 21.1 Å². The summed E-state index contributed by atoms with van der Waals surface area (Å²) in [4.78, 5) is 16.7. The molecule has 1 aliphatic rings. The zero-order valence-electron chi connectivity index (χ0n) is 20.4. The summed E-state index contributed by atoms with van der Waals surface area (Å²) in [6, 6.07) is 14.5. The number of hydrogen-bond acceptors (Lipinski definition) is 6. The molecule has 0 spiro atoms. The van der Waals surface area contributed by atoms with E-state index in [0.29, 0.717) is 23.1 Å². The van der Waals surface area contributed by atoms with Gasteiger partial charge in [-0.25, -0.2) is 8.42 Å². The van der Waals surface area contributed by atoms with Gasteiger partial charge in [-0.15, -0.1) is 11.3 Å². The zero-order valence-corrected chi connectivity index (χ0v) is 22.8. The summed E-state index contributed by atoms with van der Waals surface area (Å²) in [5.74, 6) is 0.951. The molecule has 1 atom stereocenters. The van der Waals surface area contributed by atoms with Crippen LogP contribution in [0.15, 0.2) is 64.9 Å². The largest absolute Gasteiger partial charge is 0.497 e. The highest BCUT2D eigenvalue weighted by atomic mass is 35.5. The van der Waals surface area contributed by atoms with Gasteiger partial charge >= 0.3 is 0 Å². The van der Waals surface area contributed by atoms with Crippen molar-refractivity contribution in [1.29, 1.82) is 0 Å². The standard InChI is InChI=1S/C26H29ClN2O5S2/c1-18(2)29(36(31,32)22-10-8-20(33-3)9-11-22)16-26(30)28-14-12-25-23(13-15-35-25)24(28)17-34-21-6-4-19(27)5-7-21/h4-11,13,15,18,24H,12,14,16-17H2,1-3H3. The number of nitrogens with zero attached hydrogens (tertiary/aromatic N) is 2. The molecular weight excluding hydrogens is 520 g/mol. The number of sulfonamides is 1. The van der Waals surface area contributed by atoms with Crippen LogP contribution in [0.4, 0.5) is 0 Å². The maximum Gasteiger partial charge on any atom is 0.243 e. The molecule has 0 saturated heterocycles. The van der Waals surface area contributed by atoms with Gasteiger partial charge in [-0.05, 0) is 85.8 Å². The summed E-state index contributed by atoms with van der Waals surface area (Å²) >= 11 is 7.64. The van der Waals surface area contributed by atoms with Gasteiger partial charge in [0.1, 0.15) is 18.1 Å². The number of halogens is 1. The van der Waals surface area contributed by atoms with Crippen LogP contribution in [0.2, 0.25) is 5.02 Å². The molecule has 10 heteroatoms. The van der Waals surface area contributed by atoms with E-state index in [1.807, 2.05) is 11.4 Å². The quantitative estimate of drug-likeness (QED) is 0.375. The van der Waals surface area contributed by atoms with Crippen LogP contribution in [-0.4, -0.2) is 56.4 Å². The molecule has 192 valence electrons. The van der Waals surface area contributed by atoms with Crippen LogP contribution in [0, 0.1) is 0 Å².